The van der Waals surface area contributed by atoms with Gasteiger partial charge in [-0.3, -0.25) is 0 Å². The maximum absolute atomic E-state index is 13.0. The van der Waals surface area contributed by atoms with Gasteiger partial charge in [0.25, 0.3) is 5.79 Å². The highest BCUT2D eigenvalue weighted by molar-refractivity contribution is 9.10. The molecule has 5 nitrogen and oxygen atoms in total. The van der Waals surface area contributed by atoms with Crippen LogP contribution in [0.2, 0.25) is 0 Å². The third kappa shape index (κ3) is 3.49. The van der Waals surface area contributed by atoms with Crippen molar-refractivity contribution < 1.29 is 37.3 Å². The topological polar surface area (TPSA) is 72.8 Å². The monoisotopic (exact) mass is 394 g/mol. The van der Waals surface area contributed by atoms with E-state index in [0.29, 0.717) is 12.1 Å². The molecule has 0 radical (unpaired) electrons. The Morgan fingerprint density at radius 1 is 1.17 bits per heavy atom. The number of phenols is 1. The summed E-state index contributed by atoms with van der Waals surface area (Å²) in [5.41, 5.74) is -2.70. The lowest BCUT2D eigenvalue weighted by Crippen LogP contribution is -2.41. The van der Waals surface area contributed by atoms with Gasteiger partial charge >= 0.3 is 18.1 Å². The van der Waals surface area contributed by atoms with Crippen LogP contribution < -0.4 is 0 Å². The van der Waals surface area contributed by atoms with Gasteiger partial charge in [0.2, 0.25) is 0 Å². The summed E-state index contributed by atoms with van der Waals surface area (Å²) in [7, 11) is 0. The molecular weight excluding hydrogens is 385 g/mol. The molecule has 1 heterocycles. The summed E-state index contributed by atoms with van der Waals surface area (Å²) in [5, 5.41) is 9.85. The van der Waals surface area contributed by atoms with Gasteiger partial charge in [-0.2, -0.15) is 13.2 Å². The molecule has 0 unspecified atom stereocenters. The Labute approximate surface area is 136 Å². The Morgan fingerprint density at radius 3 is 2.17 bits per heavy atom. The van der Waals surface area contributed by atoms with E-state index in [1.807, 2.05) is 0 Å². The van der Waals surface area contributed by atoms with Gasteiger partial charge in [0.15, 0.2) is 0 Å². The molecular formula is C14H10BrF3O5. The molecule has 0 amide bonds. The minimum absolute atomic E-state index is 0.0322. The predicted octanol–water partition coefficient (Wildman–Crippen LogP) is 3.39. The van der Waals surface area contributed by atoms with Crippen molar-refractivity contribution in [2.24, 2.45) is 0 Å². The molecule has 0 spiro atoms. The van der Waals surface area contributed by atoms with Crippen molar-refractivity contribution in [1.29, 1.82) is 0 Å². The fourth-order valence-electron chi connectivity index (χ4n) is 1.90. The standard InChI is InChI=1S/C14H10BrF3O5/c1-13(2)22-11(20)7(12(21)23-13)5-6-8(14(16,17)18)3-4-9(15)10(6)19/h3-5,19H,1-2H3. The van der Waals surface area contributed by atoms with Crippen LogP contribution in [-0.4, -0.2) is 22.8 Å². The molecule has 1 fully saturated rings. The van der Waals surface area contributed by atoms with Gasteiger partial charge in [-0.1, -0.05) is 0 Å². The number of rotatable bonds is 1. The third-order valence-corrected chi connectivity index (χ3v) is 3.52. The SMILES string of the molecule is CC1(C)OC(=O)C(=Cc2c(C(F)(F)F)ccc(Br)c2O)C(=O)O1. The maximum atomic E-state index is 13.0. The van der Waals surface area contributed by atoms with Crippen molar-refractivity contribution in [2.75, 3.05) is 0 Å². The predicted molar refractivity (Wildman–Crippen MR) is 75.0 cm³/mol. The van der Waals surface area contributed by atoms with E-state index >= 15 is 0 Å². The smallest absolute Gasteiger partial charge is 0.417 e. The van der Waals surface area contributed by atoms with E-state index in [1.165, 1.54) is 13.8 Å². The molecule has 0 aromatic heterocycles. The second kappa shape index (κ2) is 5.55. The van der Waals surface area contributed by atoms with Crippen molar-refractivity contribution in [3.63, 3.8) is 0 Å². The molecule has 1 aromatic rings. The van der Waals surface area contributed by atoms with E-state index in [4.69, 9.17) is 9.47 Å². The van der Waals surface area contributed by atoms with Crippen LogP contribution in [0, 0.1) is 0 Å². The number of cyclic esters (lactones) is 2. The Morgan fingerprint density at radius 2 is 1.70 bits per heavy atom. The van der Waals surface area contributed by atoms with E-state index in [2.05, 4.69) is 15.9 Å². The summed E-state index contributed by atoms with van der Waals surface area (Å²) in [6.07, 6.45) is -4.20. The zero-order valence-electron chi connectivity index (χ0n) is 11.8. The third-order valence-electron chi connectivity index (χ3n) is 2.88. The number of hydrogen-bond acceptors (Lipinski definition) is 5. The van der Waals surface area contributed by atoms with E-state index in [9.17, 15) is 27.9 Å². The first-order valence-electron chi connectivity index (χ1n) is 6.19. The van der Waals surface area contributed by atoms with Gasteiger partial charge in [0.1, 0.15) is 11.3 Å². The lowest BCUT2D eigenvalue weighted by molar-refractivity contribution is -0.222. The Bertz CT molecular complexity index is 700. The highest BCUT2D eigenvalue weighted by atomic mass is 79.9. The molecule has 1 aliphatic rings. The average molecular weight is 395 g/mol. The van der Waals surface area contributed by atoms with Crippen LogP contribution in [0.15, 0.2) is 22.2 Å². The number of hydrogen-bond donors (Lipinski definition) is 1. The van der Waals surface area contributed by atoms with Gasteiger partial charge in [-0.05, 0) is 34.1 Å². The number of esters is 2. The van der Waals surface area contributed by atoms with Crippen molar-refractivity contribution in [1.82, 2.24) is 0 Å². The zero-order valence-corrected chi connectivity index (χ0v) is 13.4. The molecule has 2 rings (SSSR count). The Balaban J connectivity index is 2.61. The second-order valence-electron chi connectivity index (χ2n) is 5.09. The van der Waals surface area contributed by atoms with Crippen LogP contribution in [0.25, 0.3) is 6.08 Å². The number of carbonyl (C=O) groups excluding carboxylic acids is 2. The van der Waals surface area contributed by atoms with Gasteiger partial charge in [-0.25, -0.2) is 9.59 Å². The van der Waals surface area contributed by atoms with E-state index in [-0.39, 0.29) is 4.47 Å². The molecule has 0 atom stereocenters. The molecule has 1 N–H and O–H groups in total. The first kappa shape index (κ1) is 17.3. The number of aromatic hydroxyl groups is 1. The number of phenolic OH excluding ortho intramolecular Hbond substituents is 1. The number of alkyl halides is 3. The largest absolute Gasteiger partial charge is 0.506 e. The van der Waals surface area contributed by atoms with Crippen LogP contribution in [0.1, 0.15) is 25.0 Å². The highest BCUT2D eigenvalue weighted by Crippen LogP contribution is 2.40. The minimum atomic E-state index is -4.80. The number of carbonyl (C=O) groups is 2. The molecule has 0 bridgehead atoms. The van der Waals surface area contributed by atoms with Crippen LogP contribution in [0.5, 0.6) is 5.75 Å². The molecule has 9 heteroatoms. The molecule has 1 aromatic carbocycles. The first-order valence-corrected chi connectivity index (χ1v) is 6.99. The lowest BCUT2D eigenvalue weighted by Gasteiger charge is -2.29. The van der Waals surface area contributed by atoms with Crippen molar-refractivity contribution in [2.45, 2.75) is 25.8 Å². The van der Waals surface area contributed by atoms with Gasteiger partial charge in [-0.15, -0.1) is 0 Å². The number of benzene rings is 1. The van der Waals surface area contributed by atoms with Crippen LogP contribution in [0.3, 0.4) is 0 Å². The first-order chi connectivity index (χ1) is 10.4. The van der Waals surface area contributed by atoms with Crippen LogP contribution >= 0.6 is 15.9 Å². The minimum Gasteiger partial charge on any atom is -0.506 e. The summed E-state index contributed by atoms with van der Waals surface area (Å²) in [6.45, 7) is 2.61. The van der Waals surface area contributed by atoms with Crippen molar-refractivity contribution in [3.8, 4) is 5.75 Å². The highest BCUT2D eigenvalue weighted by Gasteiger charge is 2.40. The fourth-order valence-corrected chi connectivity index (χ4v) is 2.24. The summed E-state index contributed by atoms with van der Waals surface area (Å²) in [4.78, 5) is 23.6. The van der Waals surface area contributed by atoms with Gasteiger partial charge < -0.3 is 14.6 Å². The fraction of sp³-hybridized carbons (Fsp3) is 0.286. The van der Waals surface area contributed by atoms with E-state index < -0.39 is 46.4 Å². The van der Waals surface area contributed by atoms with Crippen LogP contribution in [0.4, 0.5) is 13.2 Å². The van der Waals surface area contributed by atoms with Gasteiger partial charge in [0.05, 0.1) is 10.0 Å². The van der Waals surface area contributed by atoms with E-state index in [0.717, 1.165) is 6.07 Å². The van der Waals surface area contributed by atoms with Crippen molar-refractivity contribution in [3.05, 3.63) is 33.3 Å². The van der Waals surface area contributed by atoms with Crippen molar-refractivity contribution >= 4 is 33.9 Å². The normalized spacial score (nSPS) is 17.6. The quantitative estimate of drug-likeness (QED) is 0.449. The van der Waals surface area contributed by atoms with Gasteiger partial charge in [0, 0.05) is 19.4 Å². The molecule has 23 heavy (non-hydrogen) atoms. The second-order valence-corrected chi connectivity index (χ2v) is 5.95. The molecule has 0 aliphatic carbocycles. The van der Waals surface area contributed by atoms with Crippen LogP contribution in [-0.2, 0) is 25.2 Å². The zero-order chi connectivity index (χ0) is 17.6. The molecule has 0 saturated carbocycles. The Kier molecular flexibility index (Phi) is 4.18. The molecule has 124 valence electrons. The summed E-state index contributed by atoms with van der Waals surface area (Å²) >= 11 is 2.88. The summed E-state index contributed by atoms with van der Waals surface area (Å²) in [6, 6.07) is 1.71. The molecule has 1 saturated heterocycles. The number of halogens is 4. The maximum Gasteiger partial charge on any atom is 0.417 e. The number of ether oxygens (including phenoxy) is 2. The summed E-state index contributed by atoms with van der Waals surface area (Å²) < 4.78 is 48.7. The molecule has 1 aliphatic heterocycles. The summed E-state index contributed by atoms with van der Waals surface area (Å²) in [5.74, 6) is -4.56. The average Bonchev–Trinajstić information content (AvgIpc) is 2.35. The lowest BCUT2D eigenvalue weighted by atomic mass is 10.0. The van der Waals surface area contributed by atoms with E-state index in [1.54, 1.807) is 0 Å². The Hall–Kier alpha value is -2.03.